The Bertz CT molecular complexity index is 711. The predicted octanol–water partition coefficient (Wildman–Crippen LogP) is 1.42. The summed E-state index contributed by atoms with van der Waals surface area (Å²) in [4.78, 5) is 18.8. The molecule has 6 heteroatoms. The lowest BCUT2D eigenvalue weighted by molar-refractivity contribution is 0.781. The first-order chi connectivity index (χ1) is 8.24. The number of hydrogen-bond acceptors (Lipinski definition) is 4. The lowest BCUT2D eigenvalue weighted by Gasteiger charge is -2.00. The Morgan fingerprint density at radius 3 is 3.12 bits per heavy atom. The van der Waals surface area contributed by atoms with Gasteiger partial charge in [0.25, 0.3) is 0 Å². The van der Waals surface area contributed by atoms with Crippen LogP contribution in [0.15, 0.2) is 34.6 Å². The van der Waals surface area contributed by atoms with Gasteiger partial charge in [0.05, 0.1) is 17.6 Å². The second kappa shape index (κ2) is 3.74. The molecule has 0 radical (unpaired) electrons. The zero-order chi connectivity index (χ0) is 11.8. The summed E-state index contributed by atoms with van der Waals surface area (Å²) in [5.41, 5.74) is 7.84. The number of H-pyrrole nitrogens is 1. The largest absolute Gasteiger partial charge is 0.399 e. The first-order valence-electron chi connectivity index (χ1n) is 5.10. The summed E-state index contributed by atoms with van der Waals surface area (Å²) in [7, 11) is 0. The summed E-state index contributed by atoms with van der Waals surface area (Å²) in [5, 5.41) is 2.79. The number of anilines is 1. The third-order valence-corrected chi connectivity index (χ3v) is 3.34. The van der Waals surface area contributed by atoms with Crippen molar-refractivity contribution in [3.05, 3.63) is 45.3 Å². The van der Waals surface area contributed by atoms with Crippen LogP contribution < -0.4 is 11.4 Å². The van der Waals surface area contributed by atoms with Crippen molar-refractivity contribution in [2.45, 2.75) is 6.54 Å². The Hall–Kier alpha value is -2.08. The number of nitrogens with zero attached hydrogens (tertiary/aromatic N) is 2. The number of aromatic amines is 1. The van der Waals surface area contributed by atoms with Gasteiger partial charge in [-0.1, -0.05) is 0 Å². The molecule has 1 aromatic carbocycles. The molecule has 0 aliphatic carbocycles. The molecule has 0 aliphatic heterocycles. The van der Waals surface area contributed by atoms with Crippen molar-refractivity contribution in [3.63, 3.8) is 0 Å². The van der Waals surface area contributed by atoms with E-state index in [1.54, 1.807) is 22.9 Å². The molecular weight excluding hydrogens is 236 g/mol. The molecule has 5 nitrogen and oxygen atoms in total. The highest BCUT2D eigenvalue weighted by Gasteiger charge is 2.08. The molecule has 17 heavy (non-hydrogen) atoms. The zero-order valence-corrected chi connectivity index (χ0v) is 9.70. The van der Waals surface area contributed by atoms with Crippen LogP contribution in [0.25, 0.3) is 11.0 Å². The maximum Gasteiger partial charge on any atom is 0.326 e. The standard InChI is InChI=1S/C11H10N4OS/c12-7-1-2-8-9(5-7)15(11(16)14-8)6-10-13-3-4-17-10/h1-5H,6,12H2,(H,14,16). The third kappa shape index (κ3) is 1.72. The zero-order valence-electron chi connectivity index (χ0n) is 8.88. The third-order valence-electron chi connectivity index (χ3n) is 2.58. The average molecular weight is 246 g/mol. The van der Waals surface area contributed by atoms with Gasteiger partial charge in [-0.2, -0.15) is 0 Å². The topological polar surface area (TPSA) is 76.7 Å². The molecule has 0 fully saturated rings. The Kier molecular flexibility index (Phi) is 2.22. The van der Waals surface area contributed by atoms with E-state index >= 15 is 0 Å². The molecule has 0 spiro atoms. The van der Waals surface area contributed by atoms with Crippen molar-refractivity contribution in [1.29, 1.82) is 0 Å². The quantitative estimate of drug-likeness (QED) is 0.671. The van der Waals surface area contributed by atoms with Gasteiger partial charge in [0.2, 0.25) is 0 Å². The van der Waals surface area contributed by atoms with Crippen LogP contribution in [0.1, 0.15) is 5.01 Å². The normalized spacial score (nSPS) is 11.1. The van der Waals surface area contributed by atoms with Crippen molar-refractivity contribution >= 4 is 28.1 Å². The predicted molar refractivity (Wildman–Crippen MR) is 68.2 cm³/mol. The van der Waals surface area contributed by atoms with Crippen LogP contribution in [0.4, 0.5) is 5.69 Å². The summed E-state index contributed by atoms with van der Waals surface area (Å²) in [6.07, 6.45) is 1.73. The Morgan fingerprint density at radius 1 is 1.47 bits per heavy atom. The highest BCUT2D eigenvalue weighted by atomic mass is 32.1. The van der Waals surface area contributed by atoms with Crippen LogP contribution in [0.2, 0.25) is 0 Å². The molecule has 3 N–H and O–H groups in total. The Balaban J connectivity index is 2.17. The lowest BCUT2D eigenvalue weighted by Crippen LogP contribution is -2.17. The van der Waals surface area contributed by atoms with Gasteiger partial charge >= 0.3 is 5.69 Å². The number of benzene rings is 1. The summed E-state index contributed by atoms with van der Waals surface area (Å²) >= 11 is 1.53. The van der Waals surface area contributed by atoms with Gasteiger partial charge in [0.15, 0.2) is 0 Å². The lowest BCUT2D eigenvalue weighted by atomic mass is 10.3. The van der Waals surface area contributed by atoms with Crippen molar-refractivity contribution in [2.24, 2.45) is 0 Å². The average Bonchev–Trinajstić information content (AvgIpc) is 2.90. The summed E-state index contributed by atoms with van der Waals surface area (Å²) in [6, 6.07) is 5.37. The number of rotatable bonds is 2. The van der Waals surface area contributed by atoms with Gasteiger partial charge in [-0.25, -0.2) is 9.78 Å². The molecular formula is C11H10N4OS. The van der Waals surface area contributed by atoms with Crippen molar-refractivity contribution < 1.29 is 0 Å². The first-order valence-corrected chi connectivity index (χ1v) is 5.98. The smallest absolute Gasteiger partial charge is 0.326 e. The van der Waals surface area contributed by atoms with E-state index in [2.05, 4.69) is 9.97 Å². The van der Waals surface area contributed by atoms with Gasteiger partial charge in [0, 0.05) is 17.3 Å². The summed E-state index contributed by atoms with van der Waals surface area (Å²) in [5.74, 6) is 0. The van der Waals surface area contributed by atoms with E-state index < -0.39 is 0 Å². The summed E-state index contributed by atoms with van der Waals surface area (Å²) in [6.45, 7) is 0.472. The van der Waals surface area contributed by atoms with Gasteiger partial charge < -0.3 is 10.7 Å². The molecule has 0 saturated carbocycles. The van der Waals surface area contributed by atoms with Gasteiger partial charge in [-0.3, -0.25) is 4.57 Å². The summed E-state index contributed by atoms with van der Waals surface area (Å²) < 4.78 is 1.64. The van der Waals surface area contributed by atoms with Crippen LogP contribution >= 0.6 is 11.3 Å². The highest BCUT2D eigenvalue weighted by Crippen LogP contribution is 2.16. The Morgan fingerprint density at radius 2 is 2.35 bits per heavy atom. The van der Waals surface area contributed by atoms with Gasteiger partial charge in [0.1, 0.15) is 5.01 Å². The molecule has 86 valence electrons. The fourth-order valence-corrected chi connectivity index (χ4v) is 2.40. The van der Waals surface area contributed by atoms with Crippen LogP contribution in [0.3, 0.4) is 0 Å². The number of thiazole rings is 1. The SMILES string of the molecule is Nc1ccc2[nH]c(=O)n(Cc3nccs3)c2c1. The number of aromatic nitrogens is 3. The number of nitrogens with two attached hydrogens (primary N) is 1. The van der Waals surface area contributed by atoms with E-state index in [-0.39, 0.29) is 5.69 Å². The van der Waals surface area contributed by atoms with Crippen LogP contribution in [-0.2, 0) is 6.54 Å². The van der Waals surface area contributed by atoms with E-state index in [0.29, 0.717) is 12.2 Å². The highest BCUT2D eigenvalue weighted by molar-refractivity contribution is 7.09. The van der Waals surface area contributed by atoms with Crippen LogP contribution in [0.5, 0.6) is 0 Å². The van der Waals surface area contributed by atoms with E-state index in [9.17, 15) is 4.79 Å². The molecule has 0 aliphatic rings. The monoisotopic (exact) mass is 246 g/mol. The van der Waals surface area contributed by atoms with Crippen molar-refractivity contribution in [2.75, 3.05) is 5.73 Å². The number of nitrogen functional groups attached to an aromatic ring is 1. The fourth-order valence-electron chi connectivity index (χ4n) is 1.79. The fraction of sp³-hybridized carbons (Fsp3) is 0.0909. The van der Waals surface area contributed by atoms with E-state index in [4.69, 9.17) is 5.73 Å². The van der Waals surface area contributed by atoms with Crippen LogP contribution in [0, 0.1) is 0 Å². The number of hydrogen-bond donors (Lipinski definition) is 2. The molecule has 3 rings (SSSR count). The molecule has 2 heterocycles. The second-order valence-corrected chi connectivity index (χ2v) is 4.70. The molecule has 2 aromatic heterocycles. The molecule has 0 unspecified atom stereocenters. The van der Waals surface area contributed by atoms with E-state index in [1.807, 2.05) is 11.4 Å². The minimum Gasteiger partial charge on any atom is -0.399 e. The first kappa shape index (κ1) is 10.1. The van der Waals surface area contributed by atoms with E-state index in [1.165, 1.54) is 11.3 Å². The minimum atomic E-state index is -0.138. The van der Waals surface area contributed by atoms with Crippen LogP contribution in [-0.4, -0.2) is 14.5 Å². The maximum atomic E-state index is 11.8. The molecule has 3 aromatic rings. The molecule has 0 bridgehead atoms. The molecule has 0 saturated heterocycles. The van der Waals surface area contributed by atoms with E-state index in [0.717, 1.165) is 16.0 Å². The number of fused-ring (bicyclic) bond motifs is 1. The van der Waals surface area contributed by atoms with Crippen molar-refractivity contribution in [3.8, 4) is 0 Å². The second-order valence-electron chi connectivity index (χ2n) is 3.72. The van der Waals surface area contributed by atoms with Gasteiger partial charge in [-0.05, 0) is 18.2 Å². The number of nitrogens with one attached hydrogen (secondary N) is 1. The van der Waals surface area contributed by atoms with Gasteiger partial charge in [-0.15, -0.1) is 11.3 Å². The molecule has 0 atom stereocenters. The Labute approximate surface area is 101 Å². The number of imidazole rings is 1. The maximum absolute atomic E-state index is 11.8. The van der Waals surface area contributed by atoms with Crippen molar-refractivity contribution in [1.82, 2.24) is 14.5 Å². The minimum absolute atomic E-state index is 0.138. The molecule has 0 amide bonds.